The number of aryl methyl sites for hydroxylation is 1. The molecule has 2 heterocycles. The Hall–Kier alpha value is -4.69. The maximum Gasteiger partial charge on any atom is 0.363 e. The molecule has 0 bridgehead atoms. The standard InChI is InChI=1S/C37H49N4O11P/c1-5-8-9-10-31(32(6-2)41(24-42)52-37(45)30-12-11-27(19-25(30)4)40-15-17-49-18-16-40)35(43)38-23-39-36(44)34-14-13-33(51-34)26-20-28(50-7-3)22-29(21-26)53(46,47)48/h11-14,19-22,24,31-32H,5-10,15-18,23H2,1-4H3,(H,38,43)(H,39,44)(H2,46,47,48)/t31-,32-/m1/s1. The van der Waals surface area contributed by atoms with Crippen LogP contribution >= 0.6 is 7.60 Å². The van der Waals surface area contributed by atoms with Gasteiger partial charge in [-0.25, -0.2) is 4.79 Å². The van der Waals surface area contributed by atoms with E-state index in [4.69, 9.17) is 18.7 Å². The quantitative estimate of drug-likeness (QED) is 0.0446. The summed E-state index contributed by atoms with van der Waals surface area (Å²) in [4.78, 5) is 79.4. The van der Waals surface area contributed by atoms with Crippen molar-refractivity contribution in [1.29, 1.82) is 0 Å². The number of hydrogen-bond donors (Lipinski definition) is 4. The average molecular weight is 757 g/mol. The number of furan rings is 1. The average Bonchev–Trinajstić information content (AvgIpc) is 3.65. The lowest BCUT2D eigenvalue weighted by Gasteiger charge is -2.32. The second-order valence-electron chi connectivity index (χ2n) is 12.6. The van der Waals surface area contributed by atoms with Gasteiger partial charge in [0.25, 0.3) is 5.91 Å². The van der Waals surface area contributed by atoms with Gasteiger partial charge >= 0.3 is 13.6 Å². The number of ether oxygens (including phenoxy) is 2. The van der Waals surface area contributed by atoms with E-state index in [1.54, 1.807) is 26.8 Å². The molecular weight excluding hydrogens is 707 g/mol. The van der Waals surface area contributed by atoms with Gasteiger partial charge in [-0.1, -0.05) is 33.1 Å². The second-order valence-corrected chi connectivity index (χ2v) is 14.2. The van der Waals surface area contributed by atoms with Crippen molar-refractivity contribution in [3.63, 3.8) is 0 Å². The van der Waals surface area contributed by atoms with Crippen LogP contribution in [-0.4, -0.2) is 84.7 Å². The van der Waals surface area contributed by atoms with Gasteiger partial charge in [-0.3, -0.25) is 18.9 Å². The maximum atomic E-state index is 13.6. The Morgan fingerprint density at radius 1 is 1.02 bits per heavy atom. The first-order valence-corrected chi connectivity index (χ1v) is 19.4. The van der Waals surface area contributed by atoms with E-state index < -0.39 is 37.3 Å². The number of benzene rings is 2. The van der Waals surface area contributed by atoms with Gasteiger partial charge in [0.15, 0.2) is 5.76 Å². The molecule has 2 aromatic carbocycles. The highest BCUT2D eigenvalue weighted by atomic mass is 31.2. The first-order valence-electron chi connectivity index (χ1n) is 17.8. The van der Waals surface area contributed by atoms with Crippen LogP contribution < -0.4 is 25.6 Å². The number of amides is 3. The number of carbonyl (C=O) groups is 4. The summed E-state index contributed by atoms with van der Waals surface area (Å²) >= 11 is 0. The molecule has 2 atom stereocenters. The van der Waals surface area contributed by atoms with E-state index in [1.165, 1.54) is 30.3 Å². The molecule has 3 amide bonds. The Balaban J connectivity index is 1.41. The van der Waals surface area contributed by atoms with E-state index in [9.17, 15) is 33.5 Å². The zero-order valence-electron chi connectivity index (χ0n) is 30.5. The van der Waals surface area contributed by atoms with Crippen LogP contribution in [0.3, 0.4) is 0 Å². The SMILES string of the molecule is CCCCC[C@@H](C(=O)NCNC(=O)c1ccc(-c2cc(OCC)cc(P(=O)(O)O)c2)o1)[C@@H](CC)N(C=O)OC(=O)c1ccc(N2CCOCC2)cc1C. The number of hydrogen-bond acceptors (Lipinski definition) is 10. The smallest absolute Gasteiger partial charge is 0.363 e. The zero-order chi connectivity index (χ0) is 38.5. The summed E-state index contributed by atoms with van der Waals surface area (Å²) in [5, 5.41) is 5.93. The monoisotopic (exact) mass is 756 g/mol. The number of carbonyl (C=O) groups excluding carboxylic acids is 4. The third-order valence-corrected chi connectivity index (χ3v) is 9.86. The highest BCUT2D eigenvalue weighted by molar-refractivity contribution is 7.60. The van der Waals surface area contributed by atoms with Crippen molar-refractivity contribution in [2.75, 3.05) is 44.5 Å². The lowest BCUT2D eigenvalue weighted by molar-refractivity contribution is -0.171. The summed E-state index contributed by atoms with van der Waals surface area (Å²) in [5.41, 5.74) is 2.23. The topological polar surface area (TPSA) is 197 Å². The number of hydroxylamine groups is 2. The van der Waals surface area contributed by atoms with Crippen LogP contribution in [0, 0.1) is 12.8 Å². The summed E-state index contributed by atoms with van der Waals surface area (Å²) in [6.45, 7) is 10.1. The molecule has 16 heteroatoms. The predicted molar refractivity (Wildman–Crippen MR) is 197 cm³/mol. The molecule has 4 rings (SSSR count). The van der Waals surface area contributed by atoms with Gasteiger partial charge in [0, 0.05) is 24.3 Å². The molecule has 4 N–H and O–H groups in total. The fourth-order valence-electron chi connectivity index (χ4n) is 6.15. The summed E-state index contributed by atoms with van der Waals surface area (Å²) < 4.78 is 28.5. The van der Waals surface area contributed by atoms with Crippen LogP contribution in [0.5, 0.6) is 5.75 Å². The summed E-state index contributed by atoms with van der Waals surface area (Å²) in [7, 11) is -4.61. The van der Waals surface area contributed by atoms with Crippen molar-refractivity contribution in [3.8, 4) is 17.1 Å². The molecule has 1 fully saturated rings. The van der Waals surface area contributed by atoms with Gasteiger partial charge in [0.05, 0.1) is 49.3 Å². The van der Waals surface area contributed by atoms with Crippen LogP contribution in [0.25, 0.3) is 11.3 Å². The summed E-state index contributed by atoms with van der Waals surface area (Å²) in [5.74, 6) is -2.29. The molecule has 0 aliphatic carbocycles. The molecule has 1 saturated heterocycles. The van der Waals surface area contributed by atoms with Gasteiger partial charge in [0.2, 0.25) is 12.3 Å². The second kappa shape index (κ2) is 19.4. The van der Waals surface area contributed by atoms with Crippen LogP contribution in [0.15, 0.2) is 52.9 Å². The number of rotatable bonds is 19. The molecular formula is C37H49N4O11P. The number of morpholine rings is 1. The molecule has 15 nitrogen and oxygen atoms in total. The van der Waals surface area contributed by atoms with Crippen molar-refractivity contribution in [1.82, 2.24) is 15.7 Å². The van der Waals surface area contributed by atoms with E-state index in [1.807, 2.05) is 19.1 Å². The van der Waals surface area contributed by atoms with E-state index in [0.717, 1.165) is 36.7 Å². The van der Waals surface area contributed by atoms with Gasteiger partial charge in [0.1, 0.15) is 11.5 Å². The van der Waals surface area contributed by atoms with E-state index in [2.05, 4.69) is 15.5 Å². The van der Waals surface area contributed by atoms with Gasteiger partial charge in [-0.15, -0.1) is 0 Å². The molecule has 1 aliphatic heterocycles. The van der Waals surface area contributed by atoms with Gasteiger partial charge in [-0.05, 0) is 80.8 Å². The molecule has 0 unspecified atom stereocenters. The normalized spacial score (nSPS) is 14.2. The zero-order valence-corrected chi connectivity index (χ0v) is 31.4. The van der Waals surface area contributed by atoms with Crippen LogP contribution in [0.1, 0.15) is 79.4 Å². The largest absolute Gasteiger partial charge is 0.494 e. The first kappa shape index (κ1) is 41.1. The third-order valence-electron chi connectivity index (χ3n) is 8.93. The number of unbranched alkanes of at least 4 members (excludes halogenated alkanes) is 2. The van der Waals surface area contributed by atoms with E-state index in [0.29, 0.717) is 55.6 Å². The Kier molecular flexibility index (Phi) is 15.0. The van der Waals surface area contributed by atoms with Crippen molar-refractivity contribution in [2.45, 2.75) is 65.8 Å². The third kappa shape index (κ3) is 11.2. The van der Waals surface area contributed by atoms with E-state index in [-0.39, 0.29) is 35.9 Å². The number of nitrogens with one attached hydrogen (secondary N) is 2. The molecule has 0 saturated carbocycles. The van der Waals surface area contributed by atoms with Crippen molar-refractivity contribution < 1.29 is 52.3 Å². The van der Waals surface area contributed by atoms with Crippen molar-refractivity contribution in [2.24, 2.45) is 5.92 Å². The Labute approximate surface area is 309 Å². The van der Waals surface area contributed by atoms with Crippen molar-refractivity contribution in [3.05, 3.63) is 65.4 Å². The Morgan fingerprint density at radius 2 is 1.77 bits per heavy atom. The van der Waals surface area contributed by atoms with Crippen LogP contribution in [0.4, 0.5) is 5.69 Å². The van der Waals surface area contributed by atoms with Crippen LogP contribution in [0.2, 0.25) is 0 Å². The molecule has 53 heavy (non-hydrogen) atoms. The van der Waals surface area contributed by atoms with Gasteiger partial charge < -0.3 is 44.0 Å². The molecule has 1 aliphatic rings. The summed E-state index contributed by atoms with van der Waals surface area (Å²) in [6.07, 6.45) is 3.54. The minimum absolute atomic E-state index is 0.105. The first-order chi connectivity index (χ1) is 25.4. The molecule has 1 aromatic heterocycles. The van der Waals surface area contributed by atoms with Crippen LogP contribution in [-0.2, 0) is 23.7 Å². The summed E-state index contributed by atoms with van der Waals surface area (Å²) in [6, 6.07) is 11.5. The lowest BCUT2D eigenvalue weighted by atomic mass is 9.90. The lowest BCUT2D eigenvalue weighted by Crippen LogP contribution is -2.49. The highest BCUT2D eigenvalue weighted by Crippen LogP contribution is 2.37. The number of anilines is 1. The Morgan fingerprint density at radius 3 is 2.42 bits per heavy atom. The molecule has 0 radical (unpaired) electrons. The Bertz CT molecular complexity index is 1770. The van der Waals surface area contributed by atoms with Gasteiger partial charge in [-0.2, -0.15) is 5.06 Å². The molecule has 288 valence electrons. The number of nitrogens with zero attached hydrogens (tertiary/aromatic N) is 2. The predicted octanol–water partition coefficient (Wildman–Crippen LogP) is 4.30. The minimum Gasteiger partial charge on any atom is -0.494 e. The maximum absolute atomic E-state index is 13.6. The molecule has 0 spiro atoms. The highest BCUT2D eigenvalue weighted by Gasteiger charge is 2.34. The van der Waals surface area contributed by atoms with E-state index >= 15 is 0 Å². The fourth-order valence-corrected chi connectivity index (χ4v) is 6.75. The molecule has 3 aromatic rings. The van der Waals surface area contributed by atoms with Crippen molar-refractivity contribution >= 4 is 42.8 Å². The fraction of sp³-hybridized carbons (Fsp3) is 0.459. The minimum atomic E-state index is -4.61.